The molecule has 1 saturated heterocycles. The van der Waals surface area contributed by atoms with Crippen LogP contribution < -0.4 is 5.32 Å². The van der Waals surface area contributed by atoms with Crippen molar-refractivity contribution in [2.24, 2.45) is 0 Å². The Morgan fingerprint density at radius 2 is 1.90 bits per heavy atom. The molecule has 0 atom stereocenters. The molecule has 1 aromatic carbocycles. The van der Waals surface area contributed by atoms with Crippen LogP contribution in [0, 0.1) is 0 Å². The lowest BCUT2D eigenvalue weighted by atomic mass is 10.3. The van der Waals surface area contributed by atoms with Crippen molar-refractivity contribution in [2.75, 3.05) is 49.7 Å². The van der Waals surface area contributed by atoms with Crippen molar-refractivity contribution in [3.63, 3.8) is 0 Å². The standard InChI is InChI=1S/C14H18Cl2N2O2S/c15-11-7-12(16)9-13(8-11)17-14(19)10-21-6-3-18-1-4-20-5-2-18/h7-9H,1-6,10H2,(H,17,19). The summed E-state index contributed by atoms with van der Waals surface area (Å²) in [5.74, 6) is 1.32. The van der Waals surface area contributed by atoms with Crippen LogP contribution >= 0.6 is 35.0 Å². The zero-order valence-corrected chi connectivity index (χ0v) is 13.9. The zero-order valence-electron chi connectivity index (χ0n) is 11.6. The molecule has 1 fully saturated rings. The Balaban J connectivity index is 1.65. The number of anilines is 1. The summed E-state index contributed by atoms with van der Waals surface area (Å²) in [4.78, 5) is 14.2. The Kier molecular flexibility index (Phi) is 7.13. The maximum Gasteiger partial charge on any atom is 0.234 e. The zero-order chi connectivity index (χ0) is 15.1. The maximum absolute atomic E-state index is 11.8. The predicted molar refractivity (Wildman–Crippen MR) is 89.7 cm³/mol. The molecule has 0 saturated carbocycles. The van der Waals surface area contributed by atoms with Crippen LogP contribution in [0.1, 0.15) is 0 Å². The summed E-state index contributed by atoms with van der Waals surface area (Å²) in [6.07, 6.45) is 0. The molecule has 0 unspecified atom stereocenters. The van der Waals surface area contributed by atoms with E-state index in [0.29, 0.717) is 21.5 Å². The minimum absolute atomic E-state index is 0.0414. The molecule has 0 aromatic heterocycles. The van der Waals surface area contributed by atoms with Crippen molar-refractivity contribution in [1.82, 2.24) is 4.90 Å². The number of nitrogens with one attached hydrogen (secondary N) is 1. The van der Waals surface area contributed by atoms with E-state index < -0.39 is 0 Å². The summed E-state index contributed by atoms with van der Waals surface area (Å²) in [5.41, 5.74) is 0.631. The van der Waals surface area contributed by atoms with E-state index in [1.54, 1.807) is 30.0 Å². The lowest BCUT2D eigenvalue weighted by Gasteiger charge is -2.26. The van der Waals surface area contributed by atoms with Crippen molar-refractivity contribution in [1.29, 1.82) is 0 Å². The fraction of sp³-hybridized carbons (Fsp3) is 0.500. The van der Waals surface area contributed by atoms with Gasteiger partial charge in [-0.25, -0.2) is 0 Å². The number of benzene rings is 1. The van der Waals surface area contributed by atoms with E-state index >= 15 is 0 Å². The molecule has 21 heavy (non-hydrogen) atoms. The van der Waals surface area contributed by atoms with Crippen LogP contribution in [0.5, 0.6) is 0 Å². The van der Waals surface area contributed by atoms with Crippen molar-refractivity contribution < 1.29 is 9.53 Å². The number of ether oxygens (including phenoxy) is 1. The molecule has 1 heterocycles. The third kappa shape index (κ3) is 6.45. The molecule has 0 bridgehead atoms. The number of amides is 1. The SMILES string of the molecule is O=C(CSCCN1CCOCC1)Nc1cc(Cl)cc(Cl)c1. The normalized spacial score (nSPS) is 15.9. The Bertz CT molecular complexity index is 462. The monoisotopic (exact) mass is 348 g/mol. The van der Waals surface area contributed by atoms with Crippen LogP contribution in [0.2, 0.25) is 10.0 Å². The molecule has 1 aliphatic heterocycles. The van der Waals surface area contributed by atoms with Gasteiger partial charge in [0.25, 0.3) is 0 Å². The van der Waals surface area contributed by atoms with Crippen LogP contribution in [0.15, 0.2) is 18.2 Å². The molecule has 2 rings (SSSR count). The average molecular weight is 349 g/mol. The van der Waals surface area contributed by atoms with E-state index in [4.69, 9.17) is 27.9 Å². The number of nitrogens with zero attached hydrogens (tertiary/aromatic N) is 1. The van der Waals surface area contributed by atoms with E-state index in [-0.39, 0.29) is 5.91 Å². The second kappa shape index (κ2) is 8.86. The van der Waals surface area contributed by atoms with E-state index in [1.807, 2.05) is 0 Å². The van der Waals surface area contributed by atoms with Crippen molar-refractivity contribution >= 4 is 46.6 Å². The van der Waals surface area contributed by atoms with Gasteiger partial charge in [0.05, 0.1) is 19.0 Å². The first-order valence-electron chi connectivity index (χ1n) is 6.77. The maximum atomic E-state index is 11.8. The molecular weight excluding hydrogens is 331 g/mol. The molecule has 0 aliphatic carbocycles. The number of halogens is 2. The van der Waals surface area contributed by atoms with E-state index in [9.17, 15) is 4.79 Å². The van der Waals surface area contributed by atoms with E-state index in [0.717, 1.165) is 38.6 Å². The summed E-state index contributed by atoms with van der Waals surface area (Å²) in [6.45, 7) is 4.56. The van der Waals surface area contributed by atoms with Crippen LogP contribution in [0.3, 0.4) is 0 Å². The Morgan fingerprint density at radius 3 is 2.57 bits per heavy atom. The third-order valence-corrected chi connectivity index (χ3v) is 4.41. The van der Waals surface area contributed by atoms with Gasteiger partial charge in [0, 0.05) is 41.1 Å². The molecular formula is C14H18Cl2N2O2S. The highest BCUT2D eigenvalue weighted by molar-refractivity contribution is 7.99. The Morgan fingerprint density at radius 1 is 1.24 bits per heavy atom. The summed E-state index contributed by atoms with van der Waals surface area (Å²) < 4.78 is 5.30. The van der Waals surface area contributed by atoms with Crippen LogP contribution in [-0.2, 0) is 9.53 Å². The highest BCUT2D eigenvalue weighted by atomic mass is 35.5. The van der Waals surface area contributed by atoms with Gasteiger partial charge in [0.1, 0.15) is 0 Å². The molecule has 1 N–H and O–H groups in total. The van der Waals surface area contributed by atoms with Gasteiger partial charge < -0.3 is 10.1 Å². The minimum Gasteiger partial charge on any atom is -0.379 e. The van der Waals surface area contributed by atoms with E-state index in [1.165, 1.54) is 0 Å². The molecule has 4 nitrogen and oxygen atoms in total. The Hall–Kier alpha value is -0.460. The number of thioether (sulfide) groups is 1. The first kappa shape index (κ1) is 16.9. The first-order valence-corrected chi connectivity index (χ1v) is 8.68. The van der Waals surface area contributed by atoms with Gasteiger partial charge in [-0.3, -0.25) is 9.69 Å². The topological polar surface area (TPSA) is 41.6 Å². The van der Waals surface area contributed by atoms with Crippen LogP contribution in [0.25, 0.3) is 0 Å². The lowest BCUT2D eigenvalue weighted by Crippen LogP contribution is -2.37. The van der Waals surface area contributed by atoms with E-state index in [2.05, 4.69) is 10.2 Å². The largest absolute Gasteiger partial charge is 0.379 e. The molecule has 1 aromatic rings. The smallest absolute Gasteiger partial charge is 0.234 e. The molecule has 7 heteroatoms. The third-order valence-electron chi connectivity index (χ3n) is 3.04. The van der Waals surface area contributed by atoms with Gasteiger partial charge in [-0.2, -0.15) is 11.8 Å². The second-order valence-corrected chi connectivity index (χ2v) is 6.69. The van der Waals surface area contributed by atoms with Crippen molar-refractivity contribution in [3.8, 4) is 0 Å². The fourth-order valence-electron chi connectivity index (χ4n) is 2.01. The van der Waals surface area contributed by atoms with Gasteiger partial charge in [-0.05, 0) is 18.2 Å². The van der Waals surface area contributed by atoms with Crippen LogP contribution in [-0.4, -0.2) is 55.2 Å². The van der Waals surface area contributed by atoms with Gasteiger partial charge in [-0.15, -0.1) is 0 Å². The number of carbonyl (C=O) groups is 1. The van der Waals surface area contributed by atoms with Crippen molar-refractivity contribution in [3.05, 3.63) is 28.2 Å². The predicted octanol–water partition coefficient (Wildman–Crippen LogP) is 3.00. The summed E-state index contributed by atoms with van der Waals surface area (Å²) >= 11 is 13.4. The van der Waals surface area contributed by atoms with Gasteiger partial charge >= 0.3 is 0 Å². The second-order valence-electron chi connectivity index (χ2n) is 4.71. The number of morpholine rings is 1. The lowest BCUT2D eigenvalue weighted by molar-refractivity contribution is -0.113. The molecule has 116 valence electrons. The molecule has 0 radical (unpaired) electrons. The van der Waals surface area contributed by atoms with Crippen LogP contribution in [0.4, 0.5) is 5.69 Å². The van der Waals surface area contributed by atoms with Gasteiger partial charge in [0.2, 0.25) is 5.91 Å². The van der Waals surface area contributed by atoms with Crippen molar-refractivity contribution in [2.45, 2.75) is 0 Å². The summed E-state index contributed by atoms with van der Waals surface area (Å²) in [5, 5.41) is 3.82. The summed E-state index contributed by atoms with van der Waals surface area (Å²) in [7, 11) is 0. The quantitative estimate of drug-likeness (QED) is 0.802. The molecule has 1 aliphatic rings. The highest BCUT2D eigenvalue weighted by Gasteiger charge is 2.10. The van der Waals surface area contributed by atoms with Gasteiger partial charge in [0.15, 0.2) is 0 Å². The average Bonchev–Trinajstić information content (AvgIpc) is 2.43. The minimum atomic E-state index is -0.0414. The Labute approximate surface area is 139 Å². The number of rotatable bonds is 6. The molecule has 1 amide bonds. The van der Waals surface area contributed by atoms with Gasteiger partial charge in [-0.1, -0.05) is 23.2 Å². The first-order chi connectivity index (χ1) is 10.1. The fourth-order valence-corrected chi connectivity index (χ4v) is 3.32. The molecule has 0 spiro atoms. The number of carbonyl (C=O) groups excluding carboxylic acids is 1. The number of hydrogen-bond acceptors (Lipinski definition) is 4. The summed E-state index contributed by atoms with van der Waals surface area (Å²) in [6, 6.07) is 5.00. The number of hydrogen-bond donors (Lipinski definition) is 1. The highest BCUT2D eigenvalue weighted by Crippen LogP contribution is 2.22.